The van der Waals surface area contributed by atoms with E-state index in [1.165, 1.54) is 0 Å². The Morgan fingerprint density at radius 1 is 1.00 bits per heavy atom. The SMILES string of the molecule is O=C(Cl)c1cc(-c2cc3ccccc3o2)nc2ccccc12. The van der Waals surface area contributed by atoms with Gasteiger partial charge in [0.25, 0.3) is 5.24 Å². The molecule has 0 fully saturated rings. The molecule has 22 heavy (non-hydrogen) atoms. The molecule has 2 aromatic heterocycles. The van der Waals surface area contributed by atoms with Gasteiger partial charge in [0, 0.05) is 16.3 Å². The fraction of sp³-hybridized carbons (Fsp3) is 0. The van der Waals surface area contributed by atoms with Crippen LogP contribution in [0.4, 0.5) is 0 Å². The molecule has 0 N–H and O–H groups in total. The lowest BCUT2D eigenvalue weighted by atomic mass is 10.1. The maximum Gasteiger partial charge on any atom is 0.253 e. The lowest BCUT2D eigenvalue weighted by Gasteiger charge is -2.04. The Morgan fingerprint density at radius 3 is 2.59 bits per heavy atom. The van der Waals surface area contributed by atoms with E-state index in [1.54, 1.807) is 6.07 Å². The third-order valence-corrected chi connectivity index (χ3v) is 3.81. The molecule has 3 nitrogen and oxygen atoms in total. The van der Waals surface area contributed by atoms with Crippen LogP contribution in [-0.2, 0) is 0 Å². The second-order valence-corrected chi connectivity index (χ2v) is 5.34. The van der Waals surface area contributed by atoms with Crippen LogP contribution in [-0.4, -0.2) is 10.2 Å². The predicted molar refractivity (Wildman–Crippen MR) is 87.1 cm³/mol. The molecule has 0 amide bonds. The molecule has 0 saturated heterocycles. The van der Waals surface area contributed by atoms with E-state index in [0.717, 1.165) is 16.4 Å². The summed E-state index contributed by atoms with van der Waals surface area (Å²) in [4.78, 5) is 16.3. The third-order valence-electron chi connectivity index (χ3n) is 3.61. The van der Waals surface area contributed by atoms with Gasteiger partial charge < -0.3 is 4.42 Å². The topological polar surface area (TPSA) is 43.1 Å². The molecular formula is C18H10ClNO2. The molecule has 106 valence electrons. The Morgan fingerprint density at radius 2 is 1.77 bits per heavy atom. The number of nitrogens with zero attached hydrogens (tertiary/aromatic N) is 1. The fourth-order valence-electron chi connectivity index (χ4n) is 2.57. The molecule has 2 heterocycles. The quantitative estimate of drug-likeness (QED) is 0.488. The van der Waals surface area contributed by atoms with Crippen molar-refractivity contribution in [3.63, 3.8) is 0 Å². The summed E-state index contributed by atoms with van der Waals surface area (Å²) in [7, 11) is 0. The highest BCUT2D eigenvalue weighted by Crippen LogP contribution is 2.30. The van der Waals surface area contributed by atoms with Gasteiger partial charge in [0.05, 0.1) is 5.52 Å². The molecule has 4 aromatic rings. The zero-order valence-electron chi connectivity index (χ0n) is 11.4. The highest BCUT2D eigenvalue weighted by molar-refractivity contribution is 6.68. The summed E-state index contributed by atoms with van der Waals surface area (Å²) in [6, 6.07) is 18.7. The zero-order chi connectivity index (χ0) is 15.1. The van der Waals surface area contributed by atoms with E-state index in [4.69, 9.17) is 16.0 Å². The van der Waals surface area contributed by atoms with Crippen LogP contribution in [0.1, 0.15) is 10.4 Å². The average Bonchev–Trinajstić information content (AvgIpc) is 2.97. The standard InChI is InChI=1S/C18H10ClNO2/c19-18(21)13-10-15(20-14-7-3-2-6-12(13)14)17-9-11-5-1-4-8-16(11)22-17/h1-10H. The number of carbonyl (C=O) groups is 1. The number of furan rings is 1. The normalized spacial score (nSPS) is 11.1. The van der Waals surface area contributed by atoms with E-state index in [1.807, 2.05) is 54.6 Å². The maximum absolute atomic E-state index is 11.7. The van der Waals surface area contributed by atoms with Gasteiger partial charge >= 0.3 is 0 Å². The van der Waals surface area contributed by atoms with Gasteiger partial charge in [0.2, 0.25) is 0 Å². The Labute approximate surface area is 131 Å². The summed E-state index contributed by atoms with van der Waals surface area (Å²) in [5, 5.41) is 1.23. The Balaban J connectivity index is 2.00. The van der Waals surface area contributed by atoms with Crippen LogP contribution in [0.3, 0.4) is 0 Å². The van der Waals surface area contributed by atoms with E-state index in [9.17, 15) is 4.79 Å². The lowest BCUT2D eigenvalue weighted by Crippen LogP contribution is -1.95. The van der Waals surface area contributed by atoms with Crippen LogP contribution < -0.4 is 0 Å². The van der Waals surface area contributed by atoms with Crippen molar-refractivity contribution in [1.29, 1.82) is 0 Å². The fourth-order valence-corrected chi connectivity index (χ4v) is 2.73. The molecule has 0 unspecified atom stereocenters. The molecule has 4 heteroatoms. The number of benzene rings is 2. The summed E-state index contributed by atoms with van der Waals surface area (Å²) >= 11 is 5.72. The first kappa shape index (κ1) is 13.0. The van der Waals surface area contributed by atoms with Gasteiger partial charge in [-0.05, 0) is 35.9 Å². The number of hydrogen-bond donors (Lipinski definition) is 0. The van der Waals surface area contributed by atoms with Gasteiger partial charge in [0.15, 0.2) is 5.76 Å². The van der Waals surface area contributed by atoms with Crippen LogP contribution >= 0.6 is 11.6 Å². The van der Waals surface area contributed by atoms with Crippen molar-refractivity contribution in [2.45, 2.75) is 0 Å². The minimum Gasteiger partial charge on any atom is -0.454 e. The first-order valence-corrected chi connectivity index (χ1v) is 7.19. The van der Waals surface area contributed by atoms with Crippen LogP contribution in [0.15, 0.2) is 65.1 Å². The number of aromatic nitrogens is 1. The van der Waals surface area contributed by atoms with Crippen LogP contribution in [0, 0.1) is 0 Å². The lowest BCUT2D eigenvalue weighted by molar-refractivity contribution is 0.108. The molecule has 0 aliphatic rings. The van der Waals surface area contributed by atoms with E-state index < -0.39 is 5.24 Å². The summed E-state index contributed by atoms with van der Waals surface area (Å²) in [6.07, 6.45) is 0. The second-order valence-electron chi connectivity index (χ2n) is 4.99. The predicted octanol–water partition coefficient (Wildman–Crippen LogP) is 5.03. The average molecular weight is 308 g/mol. The molecule has 0 atom stereocenters. The molecule has 0 radical (unpaired) electrons. The minimum atomic E-state index is -0.504. The van der Waals surface area contributed by atoms with Gasteiger partial charge in [-0.2, -0.15) is 0 Å². The van der Waals surface area contributed by atoms with Crippen LogP contribution in [0.25, 0.3) is 33.3 Å². The Hall–Kier alpha value is -2.65. The molecule has 2 aromatic carbocycles. The van der Waals surface area contributed by atoms with Crippen LogP contribution in [0.5, 0.6) is 0 Å². The van der Waals surface area contributed by atoms with Crippen molar-refractivity contribution in [3.8, 4) is 11.5 Å². The van der Waals surface area contributed by atoms with E-state index in [2.05, 4.69) is 4.98 Å². The highest BCUT2D eigenvalue weighted by Gasteiger charge is 2.14. The summed E-state index contributed by atoms with van der Waals surface area (Å²) in [5.74, 6) is 0.617. The first-order chi connectivity index (χ1) is 10.7. The molecular weight excluding hydrogens is 298 g/mol. The highest BCUT2D eigenvalue weighted by atomic mass is 35.5. The molecule has 0 bridgehead atoms. The monoisotopic (exact) mass is 307 g/mol. The molecule has 0 aliphatic carbocycles. The van der Waals surface area contributed by atoms with Crippen molar-refractivity contribution in [3.05, 3.63) is 66.2 Å². The smallest absolute Gasteiger partial charge is 0.253 e. The van der Waals surface area contributed by atoms with E-state index in [-0.39, 0.29) is 0 Å². The van der Waals surface area contributed by atoms with Crippen molar-refractivity contribution in [2.75, 3.05) is 0 Å². The Kier molecular flexibility index (Phi) is 2.94. The zero-order valence-corrected chi connectivity index (χ0v) is 12.2. The number of halogens is 1. The van der Waals surface area contributed by atoms with Gasteiger partial charge in [-0.3, -0.25) is 4.79 Å². The van der Waals surface area contributed by atoms with Crippen molar-refractivity contribution in [2.24, 2.45) is 0 Å². The van der Waals surface area contributed by atoms with Gasteiger partial charge in [-0.15, -0.1) is 0 Å². The molecule has 0 spiro atoms. The number of para-hydroxylation sites is 2. The minimum absolute atomic E-state index is 0.433. The molecule has 0 saturated carbocycles. The maximum atomic E-state index is 11.7. The van der Waals surface area contributed by atoms with Gasteiger partial charge in [0.1, 0.15) is 11.3 Å². The number of rotatable bonds is 2. The van der Waals surface area contributed by atoms with Gasteiger partial charge in [-0.25, -0.2) is 4.98 Å². The number of hydrogen-bond acceptors (Lipinski definition) is 3. The number of carbonyl (C=O) groups excluding carboxylic acids is 1. The first-order valence-electron chi connectivity index (χ1n) is 6.81. The van der Waals surface area contributed by atoms with Crippen LogP contribution in [0.2, 0.25) is 0 Å². The number of fused-ring (bicyclic) bond motifs is 2. The summed E-state index contributed by atoms with van der Waals surface area (Å²) < 4.78 is 5.82. The van der Waals surface area contributed by atoms with Crippen molar-refractivity contribution in [1.82, 2.24) is 4.98 Å². The van der Waals surface area contributed by atoms with Gasteiger partial charge in [-0.1, -0.05) is 36.4 Å². The molecule has 0 aliphatic heterocycles. The van der Waals surface area contributed by atoms with E-state index in [0.29, 0.717) is 22.5 Å². The van der Waals surface area contributed by atoms with E-state index >= 15 is 0 Å². The number of pyridine rings is 1. The molecule has 4 rings (SSSR count). The summed E-state index contributed by atoms with van der Waals surface area (Å²) in [6.45, 7) is 0. The van der Waals surface area contributed by atoms with Crippen molar-refractivity contribution >= 4 is 38.7 Å². The third kappa shape index (κ3) is 2.07. The van der Waals surface area contributed by atoms with Crippen molar-refractivity contribution < 1.29 is 9.21 Å². The second kappa shape index (κ2) is 4.97. The largest absolute Gasteiger partial charge is 0.454 e. The Bertz CT molecular complexity index is 987. The summed E-state index contributed by atoms with van der Waals surface area (Å²) in [5.41, 5.74) is 2.53.